The van der Waals surface area contributed by atoms with E-state index in [1.165, 1.54) is 27.2 Å². The van der Waals surface area contributed by atoms with Crippen LogP contribution in [-0.4, -0.2) is 142 Å². The number of carbonyl (C=O) groups excluding carboxylic acids is 1. The van der Waals surface area contributed by atoms with Gasteiger partial charge in [-0.05, 0) is 22.3 Å². The zero-order valence-electron chi connectivity index (χ0n) is 27.0. The normalized spacial score (nSPS) is 12.3. The molecule has 0 radical (unpaired) electrons. The van der Waals surface area contributed by atoms with Crippen molar-refractivity contribution in [1.82, 2.24) is 4.90 Å². The molecular weight excluding hydrogens is 662 g/mol. The summed E-state index contributed by atoms with van der Waals surface area (Å²) in [7, 11) is 1.72. The molecule has 2 aromatic rings. The summed E-state index contributed by atoms with van der Waals surface area (Å²) in [5.41, 5.74) is 4.81. The first-order chi connectivity index (χ1) is 22.7. The molecule has 3 rings (SSSR count). The molecule has 0 atom stereocenters. The van der Waals surface area contributed by atoms with E-state index in [-0.39, 0.29) is 12.0 Å². The molecule has 1 amide bonds. The number of hydrogen-bond donors (Lipinski definition) is 0. The van der Waals surface area contributed by atoms with Crippen molar-refractivity contribution in [3.63, 3.8) is 0 Å². The predicted molar refractivity (Wildman–Crippen MR) is 178 cm³/mol. The van der Waals surface area contributed by atoms with Gasteiger partial charge in [-0.1, -0.05) is 64.5 Å². The zero-order chi connectivity index (χ0) is 32.5. The first-order valence-electron chi connectivity index (χ1n) is 16.0. The maximum atomic E-state index is 12.6. The molecule has 11 nitrogen and oxygen atoms in total. The Morgan fingerprint density at radius 3 is 1.30 bits per heavy atom. The second kappa shape index (κ2) is 25.0. The minimum Gasteiger partial charge on any atom is -0.448 e. The van der Waals surface area contributed by atoms with Crippen LogP contribution in [0.15, 0.2) is 48.5 Å². The van der Waals surface area contributed by atoms with Gasteiger partial charge in [0.25, 0.3) is 0 Å². The molecule has 0 saturated heterocycles. The number of amides is 1. The third kappa shape index (κ3) is 15.2. The maximum absolute atomic E-state index is 12.6. The summed E-state index contributed by atoms with van der Waals surface area (Å²) in [4.78, 5) is 14.1. The highest BCUT2D eigenvalue weighted by Crippen LogP contribution is 2.44. The third-order valence-corrected chi connectivity index (χ3v) is 7.37. The van der Waals surface area contributed by atoms with Crippen LogP contribution in [0.25, 0.3) is 11.1 Å². The lowest BCUT2D eigenvalue weighted by Gasteiger charge is -2.19. The van der Waals surface area contributed by atoms with E-state index in [9.17, 15) is 4.79 Å². The highest BCUT2D eigenvalue weighted by atomic mass is 79.9. The summed E-state index contributed by atoms with van der Waals surface area (Å²) in [6.07, 6.45) is -0.360. The molecule has 0 bridgehead atoms. The second-order valence-corrected chi connectivity index (χ2v) is 11.1. The molecule has 0 heterocycles. The SMILES string of the molecule is CN(CCOCCOCCOCCOCCOCCOCCOCCOCCBr)C(=O)OCC1c2ccccc2-c2ccccc21. The number of carbonyl (C=O) groups is 1. The molecule has 0 aliphatic heterocycles. The zero-order valence-corrected chi connectivity index (χ0v) is 28.6. The molecule has 1 aliphatic carbocycles. The van der Waals surface area contributed by atoms with Crippen molar-refractivity contribution in [1.29, 1.82) is 0 Å². The van der Waals surface area contributed by atoms with Crippen molar-refractivity contribution in [2.75, 3.05) is 131 Å². The number of hydrogen-bond acceptors (Lipinski definition) is 10. The van der Waals surface area contributed by atoms with Gasteiger partial charge >= 0.3 is 6.09 Å². The largest absolute Gasteiger partial charge is 0.448 e. The van der Waals surface area contributed by atoms with Gasteiger partial charge in [0.1, 0.15) is 6.61 Å². The quantitative estimate of drug-likeness (QED) is 0.0933. The van der Waals surface area contributed by atoms with Crippen molar-refractivity contribution in [3.05, 3.63) is 59.7 Å². The Bertz CT molecular complexity index is 1030. The Morgan fingerprint density at radius 1 is 0.565 bits per heavy atom. The monoisotopic (exact) mass is 711 g/mol. The molecule has 0 aromatic heterocycles. The Labute approximate surface area is 281 Å². The Balaban J connectivity index is 1.04. The number of alkyl halides is 1. The van der Waals surface area contributed by atoms with Gasteiger partial charge < -0.3 is 47.5 Å². The fraction of sp³-hybridized carbons (Fsp3) is 0.618. The predicted octanol–water partition coefficient (Wildman–Crippen LogP) is 4.40. The van der Waals surface area contributed by atoms with E-state index in [4.69, 9.17) is 42.6 Å². The average molecular weight is 713 g/mol. The molecule has 0 unspecified atom stereocenters. The van der Waals surface area contributed by atoms with E-state index in [1.54, 1.807) is 7.05 Å². The number of nitrogens with zero attached hydrogens (tertiary/aromatic N) is 1. The van der Waals surface area contributed by atoms with E-state index in [0.717, 1.165) is 5.33 Å². The number of benzene rings is 2. The molecule has 1 aliphatic rings. The van der Waals surface area contributed by atoms with E-state index in [1.807, 2.05) is 24.3 Å². The minimum absolute atomic E-state index is 0.0440. The fourth-order valence-corrected chi connectivity index (χ4v) is 4.92. The van der Waals surface area contributed by atoms with Crippen molar-refractivity contribution in [2.24, 2.45) is 0 Å². The first-order valence-corrected chi connectivity index (χ1v) is 17.1. The highest BCUT2D eigenvalue weighted by Gasteiger charge is 2.29. The van der Waals surface area contributed by atoms with Gasteiger partial charge in [-0.2, -0.15) is 0 Å². The van der Waals surface area contributed by atoms with Gasteiger partial charge in [-0.3, -0.25) is 0 Å². The number of fused-ring (bicyclic) bond motifs is 3. The van der Waals surface area contributed by atoms with Crippen LogP contribution in [0.2, 0.25) is 0 Å². The summed E-state index contributed by atoms with van der Waals surface area (Å²) in [5, 5.41) is 0.834. The van der Waals surface area contributed by atoms with Crippen LogP contribution < -0.4 is 0 Å². The van der Waals surface area contributed by atoms with Gasteiger partial charge in [0, 0.05) is 24.8 Å². The van der Waals surface area contributed by atoms with Crippen molar-refractivity contribution < 1.29 is 47.4 Å². The van der Waals surface area contributed by atoms with Crippen LogP contribution in [-0.2, 0) is 42.6 Å². The van der Waals surface area contributed by atoms with Crippen LogP contribution in [0.5, 0.6) is 0 Å². The lowest BCUT2D eigenvalue weighted by Crippen LogP contribution is -2.32. The minimum atomic E-state index is -0.360. The Morgan fingerprint density at radius 2 is 0.913 bits per heavy atom. The molecular formula is C34H50BrNO10. The number of ether oxygens (including phenoxy) is 9. The van der Waals surface area contributed by atoms with Gasteiger partial charge in [0.05, 0.1) is 106 Å². The van der Waals surface area contributed by atoms with Gasteiger partial charge in [0.2, 0.25) is 0 Å². The van der Waals surface area contributed by atoms with Gasteiger partial charge in [0.15, 0.2) is 0 Å². The summed E-state index contributed by atoms with van der Waals surface area (Å²) >= 11 is 3.30. The van der Waals surface area contributed by atoms with E-state index >= 15 is 0 Å². The molecule has 258 valence electrons. The second-order valence-electron chi connectivity index (χ2n) is 10.3. The number of halogens is 1. The fourth-order valence-electron chi connectivity index (χ4n) is 4.69. The molecule has 2 aromatic carbocycles. The topological polar surface area (TPSA) is 103 Å². The summed E-state index contributed by atoms with van der Waals surface area (Å²) < 4.78 is 49.4. The maximum Gasteiger partial charge on any atom is 0.409 e. The Kier molecular flexibility index (Phi) is 20.8. The number of rotatable bonds is 28. The summed E-state index contributed by atoms with van der Waals surface area (Å²) in [6, 6.07) is 16.6. The first kappa shape index (κ1) is 38.3. The molecule has 12 heteroatoms. The average Bonchev–Trinajstić information content (AvgIpc) is 3.40. The number of likely N-dealkylation sites (N-methyl/N-ethyl adjacent to an activating group) is 1. The third-order valence-electron chi connectivity index (χ3n) is 7.04. The van der Waals surface area contributed by atoms with Crippen LogP contribution in [0.4, 0.5) is 4.79 Å². The van der Waals surface area contributed by atoms with E-state index in [2.05, 4.69) is 40.2 Å². The molecule has 0 N–H and O–H groups in total. The van der Waals surface area contributed by atoms with E-state index in [0.29, 0.717) is 119 Å². The van der Waals surface area contributed by atoms with Crippen LogP contribution in [0, 0.1) is 0 Å². The van der Waals surface area contributed by atoms with E-state index < -0.39 is 0 Å². The summed E-state index contributed by atoms with van der Waals surface area (Å²) in [5.74, 6) is 0.0440. The smallest absolute Gasteiger partial charge is 0.409 e. The summed E-state index contributed by atoms with van der Waals surface area (Å²) in [6.45, 7) is 8.98. The van der Waals surface area contributed by atoms with Gasteiger partial charge in [-0.25, -0.2) is 4.79 Å². The van der Waals surface area contributed by atoms with Crippen molar-refractivity contribution >= 4 is 22.0 Å². The standard InChI is InChI=1S/C34H50BrNO10/c1-36(34(37)46-28-33-31-8-4-2-6-29(31)30-7-3-5-9-32(30)33)11-13-39-15-17-41-19-21-43-23-25-45-27-26-44-24-22-42-20-18-40-16-14-38-12-10-35/h2-9,33H,10-28H2,1H3. The Hall–Kier alpha value is -2.13. The lowest BCUT2D eigenvalue weighted by atomic mass is 9.98. The van der Waals surface area contributed by atoms with Crippen LogP contribution >= 0.6 is 15.9 Å². The van der Waals surface area contributed by atoms with Crippen LogP contribution in [0.1, 0.15) is 17.0 Å². The van der Waals surface area contributed by atoms with Crippen molar-refractivity contribution in [3.8, 4) is 11.1 Å². The highest BCUT2D eigenvalue weighted by molar-refractivity contribution is 9.09. The molecule has 46 heavy (non-hydrogen) atoms. The van der Waals surface area contributed by atoms with Crippen LogP contribution in [0.3, 0.4) is 0 Å². The molecule has 0 fully saturated rings. The van der Waals surface area contributed by atoms with Gasteiger partial charge in [-0.15, -0.1) is 0 Å². The molecule has 0 saturated carbocycles. The lowest BCUT2D eigenvalue weighted by molar-refractivity contribution is -0.0230. The molecule has 0 spiro atoms. The van der Waals surface area contributed by atoms with Crippen molar-refractivity contribution in [2.45, 2.75) is 5.92 Å².